The fraction of sp³-hybridized carbons (Fsp3) is 1.00. The number of hydrogen-bond acceptors (Lipinski definition) is 4. The van der Waals surface area contributed by atoms with E-state index in [0.717, 1.165) is 18.1 Å². The maximum Gasteiger partial charge on any atom is 0.212 e. The summed E-state index contributed by atoms with van der Waals surface area (Å²) in [7, 11) is -3.07. The van der Waals surface area contributed by atoms with E-state index in [1.165, 1.54) is 32.1 Å². The average molecular weight is 321 g/mol. The molecular weight excluding hydrogens is 292 g/mol. The van der Waals surface area contributed by atoms with Crippen LogP contribution in [0.15, 0.2) is 0 Å². The number of sulfonamides is 1. The predicted octanol–water partition coefficient (Wildman–Crippen LogP) is 2.06. The lowest BCUT2D eigenvalue weighted by Crippen LogP contribution is -2.50. The van der Waals surface area contributed by atoms with Crippen LogP contribution in [0.4, 0.5) is 0 Å². The highest BCUT2D eigenvalue weighted by atomic mass is 32.2. The molecule has 4 nitrogen and oxygen atoms in total. The molecule has 0 radical (unpaired) electrons. The third-order valence-electron chi connectivity index (χ3n) is 4.30. The van der Waals surface area contributed by atoms with Crippen molar-refractivity contribution in [2.24, 2.45) is 0 Å². The highest BCUT2D eigenvalue weighted by molar-refractivity contribution is 8.00. The van der Waals surface area contributed by atoms with Gasteiger partial charge in [0.05, 0.1) is 5.75 Å². The molecule has 0 aromatic carbocycles. The molecule has 0 amide bonds. The van der Waals surface area contributed by atoms with Gasteiger partial charge in [-0.25, -0.2) is 13.1 Å². The minimum Gasteiger partial charge on any atom is -0.296 e. The van der Waals surface area contributed by atoms with Gasteiger partial charge in [0.15, 0.2) is 0 Å². The zero-order chi connectivity index (χ0) is 14.6. The molecule has 0 aromatic rings. The molecule has 2 fully saturated rings. The van der Waals surface area contributed by atoms with Gasteiger partial charge in [-0.15, -0.1) is 0 Å². The van der Waals surface area contributed by atoms with Gasteiger partial charge in [0.1, 0.15) is 0 Å². The van der Waals surface area contributed by atoms with Gasteiger partial charge in [0.25, 0.3) is 0 Å². The summed E-state index contributed by atoms with van der Waals surface area (Å²) in [5.74, 6) is 1.88. The van der Waals surface area contributed by atoms with E-state index in [0.29, 0.717) is 12.1 Å². The molecule has 118 valence electrons. The van der Waals surface area contributed by atoms with Crippen molar-refractivity contribution < 1.29 is 8.42 Å². The number of nitrogens with zero attached hydrogens (tertiary/aromatic N) is 1. The summed E-state index contributed by atoms with van der Waals surface area (Å²) in [5, 5.41) is 0. The molecule has 1 aliphatic heterocycles. The van der Waals surface area contributed by atoms with Gasteiger partial charge in [-0.1, -0.05) is 19.3 Å². The van der Waals surface area contributed by atoms with Crippen LogP contribution >= 0.6 is 11.8 Å². The lowest BCUT2D eigenvalue weighted by molar-refractivity contribution is 0.113. The van der Waals surface area contributed by atoms with E-state index < -0.39 is 10.0 Å². The predicted molar refractivity (Wildman–Crippen MR) is 86.8 cm³/mol. The molecule has 0 aromatic heterocycles. The van der Waals surface area contributed by atoms with Gasteiger partial charge in [0.2, 0.25) is 10.0 Å². The molecule has 0 spiro atoms. The molecule has 1 atom stereocenters. The first-order chi connectivity index (χ1) is 9.48. The summed E-state index contributed by atoms with van der Waals surface area (Å²) in [6, 6.07) is 1.19. The number of rotatable bonds is 4. The Morgan fingerprint density at radius 3 is 2.60 bits per heavy atom. The molecule has 0 unspecified atom stereocenters. The fourth-order valence-corrected chi connectivity index (χ4v) is 6.16. The first-order valence-corrected chi connectivity index (χ1v) is 10.6. The summed E-state index contributed by atoms with van der Waals surface area (Å²) >= 11 is 1.76. The number of nitrogens with one attached hydrogen (secondary N) is 1. The second-order valence-corrected chi connectivity index (χ2v) is 9.31. The van der Waals surface area contributed by atoms with Gasteiger partial charge in [-0.3, -0.25) is 4.90 Å². The van der Waals surface area contributed by atoms with Crippen LogP contribution in [0.25, 0.3) is 0 Å². The molecule has 1 saturated heterocycles. The summed E-state index contributed by atoms with van der Waals surface area (Å²) in [5.41, 5.74) is 0. The maximum absolute atomic E-state index is 11.9. The largest absolute Gasteiger partial charge is 0.296 e. The van der Waals surface area contributed by atoms with Crippen molar-refractivity contribution in [2.75, 3.05) is 23.8 Å². The highest BCUT2D eigenvalue weighted by Crippen LogP contribution is 2.25. The molecule has 2 aliphatic rings. The Bertz CT molecular complexity index is 392. The van der Waals surface area contributed by atoms with Crippen LogP contribution in [0.5, 0.6) is 0 Å². The van der Waals surface area contributed by atoms with E-state index in [1.54, 1.807) is 11.8 Å². The Labute approximate surface area is 128 Å². The molecular formula is C14H28N2O2S2. The van der Waals surface area contributed by atoms with Gasteiger partial charge in [-0.2, -0.15) is 11.8 Å². The third kappa shape index (κ3) is 4.90. The molecule has 6 heteroatoms. The average Bonchev–Trinajstić information content (AvgIpc) is 2.57. The van der Waals surface area contributed by atoms with E-state index in [9.17, 15) is 8.42 Å². The Balaban J connectivity index is 1.99. The fourth-order valence-electron chi connectivity index (χ4n) is 3.28. The Morgan fingerprint density at radius 2 is 1.95 bits per heavy atom. The molecule has 1 aliphatic carbocycles. The van der Waals surface area contributed by atoms with Crippen LogP contribution in [-0.2, 0) is 10.0 Å². The number of hydrogen-bond donors (Lipinski definition) is 1. The molecule has 0 bridgehead atoms. The van der Waals surface area contributed by atoms with Gasteiger partial charge < -0.3 is 0 Å². The third-order valence-corrected chi connectivity index (χ3v) is 7.12. The van der Waals surface area contributed by atoms with Crippen LogP contribution < -0.4 is 4.72 Å². The monoisotopic (exact) mass is 320 g/mol. The minimum absolute atomic E-state index is 0.0665. The van der Waals surface area contributed by atoms with E-state index in [4.69, 9.17) is 0 Å². The highest BCUT2D eigenvalue weighted by Gasteiger charge is 2.29. The smallest absolute Gasteiger partial charge is 0.212 e. The Morgan fingerprint density at radius 1 is 1.25 bits per heavy atom. The summed E-state index contributed by atoms with van der Waals surface area (Å²) in [4.78, 5) is 2.53. The zero-order valence-corrected chi connectivity index (χ0v) is 14.3. The van der Waals surface area contributed by atoms with Crippen LogP contribution in [0, 0.1) is 0 Å². The van der Waals surface area contributed by atoms with Crippen molar-refractivity contribution >= 4 is 21.8 Å². The first kappa shape index (κ1) is 16.6. The van der Waals surface area contributed by atoms with Crippen LogP contribution in [0.3, 0.4) is 0 Å². The van der Waals surface area contributed by atoms with Gasteiger partial charge in [-0.05, 0) is 26.7 Å². The van der Waals surface area contributed by atoms with Crippen molar-refractivity contribution in [3.8, 4) is 0 Å². The summed E-state index contributed by atoms with van der Waals surface area (Å²) < 4.78 is 26.6. The van der Waals surface area contributed by atoms with Crippen LogP contribution in [0.1, 0.15) is 46.0 Å². The van der Waals surface area contributed by atoms with Gasteiger partial charge >= 0.3 is 0 Å². The summed E-state index contributed by atoms with van der Waals surface area (Å²) in [6.07, 6.45) is 6.53. The molecule has 2 rings (SSSR count). The lowest BCUT2D eigenvalue weighted by atomic mass is 9.93. The maximum atomic E-state index is 11.9. The van der Waals surface area contributed by atoms with E-state index in [2.05, 4.69) is 23.5 Å². The van der Waals surface area contributed by atoms with Gasteiger partial charge in [0, 0.05) is 36.2 Å². The summed E-state index contributed by atoms with van der Waals surface area (Å²) in [6.45, 7) is 5.31. The zero-order valence-electron chi connectivity index (χ0n) is 12.7. The van der Waals surface area contributed by atoms with Crippen LogP contribution in [-0.4, -0.2) is 55.2 Å². The SMILES string of the molecule is CC(C)N(C[C@@H]1CSCCS(=O)(=O)N1)C1CCCCC1. The van der Waals surface area contributed by atoms with Crippen molar-refractivity contribution in [1.82, 2.24) is 9.62 Å². The normalized spacial score (nSPS) is 28.7. The molecule has 1 N–H and O–H groups in total. The number of thioether (sulfide) groups is 1. The van der Waals surface area contributed by atoms with Crippen LogP contribution in [0.2, 0.25) is 0 Å². The topological polar surface area (TPSA) is 49.4 Å². The molecule has 1 heterocycles. The Kier molecular flexibility index (Phi) is 6.20. The second kappa shape index (κ2) is 7.47. The van der Waals surface area contributed by atoms with Crippen molar-refractivity contribution in [3.63, 3.8) is 0 Å². The van der Waals surface area contributed by atoms with Crippen molar-refractivity contribution in [2.45, 2.75) is 64.1 Å². The lowest BCUT2D eigenvalue weighted by Gasteiger charge is -2.39. The van der Waals surface area contributed by atoms with E-state index >= 15 is 0 Å². The standard InChI is InChI=1S/C14H28N2O2S2/c1-12(2)16(14-6-4-3-5-7-14)10-13-11-19-8-9-20(17,18)15-13/h12-15H,3-11H2,1-2H3/t13-/m1/s1. The second-order valence-electron chi connectivity index (χ2n) is 6.29. The van der Waals surface area contributed by atoms with E-state index in [-0.39, 0.29) is 11.8 Å². The first-order valence-electron chi connectivity index (χ1n) is 7.81. The molecule has 1 saturated carbocycles. The minimum atomic E-state index is -3.07. The quantitative estimate of drug-likeness (QED) is 0.861. The van der Waals surface area contributed by atoms with E-state index in [1.807, 2.05) is 0 Å². The van der Waals surface area contributed by atoms with Crippen molar-refractivity contribution in [3.05, 3.63) is 0 Å². The van der Waals surface area contributed by atoms with Crippen molar-refractivity contribution in [1.29, 1.82) is 0 Å². The molecule has 20 heavy (non-hydrogen) atoms. The Hall–Kier alpha value is 0.220.